The lowest BCUT2D eigenvalue weighted by atomic mass is 9.94. The number of para-hydroxylation sites is 4. The van der Waals surface area contributed by atoms with Crippen molar-refractivity contribution < 1.29 is 4.42 Å². The number of fused-ring (bicyclic) bond motifs is 10. The van der Waals surface area contributed by atoms with Crippen LogP contribution in [-0.4, -0.2) is 21.0 Å². The number of aliphatic imine (C=N–C) groups is 1. The minimum Gasteiger partial charge on any atom is -0.454 e. The van der Waals surface area contributed by atoms with Crippen LogP contribution in [0.15, 0.2) is 197 Å². The van der Waals surface area contributed by atoms with Crippen molar-refractivity contribution in [2.45, 2.75) is 6.04 Å². The summed E-state index contributed by atoms with van der Waals surface area (Å²) in [5.74, 6) is 0.705. The zero-order valence-electron chi connectivity index (χ0n) is 29.6. The standard InChI is InChI=1S/C50H31N4O/c1-3-14-31(15-4-1)48-38-20-7-10-22-41(38)51-50(52-48)32-26-27-36-37-21-13-25-44(49(37)55-47(36)28-32)54-43-24-12-9-19-35(43)40-29-45-39(30-46(40)54)34-18-8-11-23-42(34)53(45)33-16-5-2-6-17-33/h1-30,41H/q-1. The number of amidine groups is 1. The zero-order chi connectivity index (χ0) is 36.0. The van der Waals surface area contributed by atoms with E-state index >= 15 is 0 Å². The van der Waals surface area contributed by atoms with Gasteiger partial charge in [-0.3, -0.25) is 0 Å². The molecule has 0 spiro atoms. The van der Waals surface area contributed by atoms with Crippen molar-refractivity contribution in [1.82, 2.24) is 9.13 Å². The van der Waals surface area contributed by atoms with Gasteiger partial charge in [0.15, 0.2) is 5.58 Å². The van der Waals surface area contributed by atoms with Crippen molar-refractivity contribution in [3.63, 3.8) is 0 Å². The molecule has 258 valence electrons. The minimum absolute atomic E-state index is 0.0887. The molecule has 3 aromatic heterocycles. The number of benzene rings is 7. The van der Waals surface area contributed by atoms with Gasteiger partial charge >= 0.3 is 0 Å². The molecule has 10 aromatic rings. The van der Waals surface area contributed by atoms with Crippen LogP contribution in [0.3, 0.4) is 0 Å². The van der Waals surface area contributed by atoms with Gasteiger partial charge in [0.2, 0.25) is 0 Å². The first kappa shape index (κ1) is 30.1. The lowest BCUT2D eigenvalue weighted by Crippen LogP contribution is -2.19. The summed E-state index contributed by atoms with van der Waals surface area (Å²) in [7, 11) is 0. The molecule has 0 amide bonds. The van der Waals surface area contributed by atoms with Crippen LogP contribution in [0.25, 0.3) is 87.9 Å². The van der Waals surface area contributed by atoms with Crippen molar-refractivity contribution in [1.29, 1.82) is 0 Å². The molecule has 0 fully saturated rings. The van der Waals surface area contributed by atoms with Crippen LogP contribution >= 0.6 is 0 Å². The molecular weight excluding hydrogens is 673 g/mol. The topological polar surface area (TPSA) is 49.5 Å². The van der Waals surface area contributed by atoms with Gasteiger partial charge < -0.3 is 23.9 Å². The van der Waals surface area contributed by atoms with Crippen molar-refractivity contribution >= 4 is 77.1 Å². The van der Waals surface area contributed by atoms with Crippen LogP contribution in [0, 0.1) is 0 Å². The Balaban J connectivity index is 1.07. The second kappa shape index (κ2) is 11.6. The maximum atomic E-state index is 6.92. The number of furan rings is 1. The van der Waals surface area contributed by atoms with Gasteiger partial charge in [-0.15, -0.1) is 0 Å². The van der Waals surface area contributed by atoms with Crippen molar-refractivity contribution in [2.24, 2.45) is 4.99 Å². The summed E-state index contributed by atoms with van der Waals surface area (Å²) in [6.45, 7) is 0. The molecule has 12 rings (SSSR count). The summed E-state index contributed by atoms with van der Waals surface area (Å²) in [6.07, 6.45) is 8.39. The molecule has 7 aromatic carbocycles. The lowest BCUT2D eigenvalue weighted by Gasteiger charge is -2.36. The van der Waals surface area contributed by atoms with E-state index in [-0.39, 0.29) is 6.04 Å². The molecule has 0 saturated carbocycles. The minimum atomic E-state index is -0.0887. The van der Waals surface area contributed by atoms with E-state index in [1.54, 1.807) is 0 Å². The first-order valence-electron chi connectivity index (χ1n) is 18.7. The van der Waals surface area contributed by atoms with Gasteiger partial charge in [-0.25, -0.2) is 0 Å². The second-order valence-corrected chi connectivity index (χ2v) is 14.3. The van der Waals surface area contributed by atoms with Crippen LogP contribution in [0.2, 0.25) is 0 Å². The second-order valence-electron chi connectivity index (χ2n) is 14.3. The first-order chi connectivity index (χ1) is 27.3. The molecule has 2 aliphatic rings. The van der Waals surface area contributed by atoms with E-state index in [0.717, 1.165) is 66.7 Å². The first-order valence-corrected chi connectivity index (χ1v) is 18.7. The molecule has 1 aliphatic heterocycles. The third-order valence-corrected chi connectivity index (χ3v) is 11.3. The molecule has 5 heteroatoms. The highest BCUT2D eigenvalue weighted by Crippen LogP contribution is 2.42. The van der Waals surface area contributed by atoms with Crippen LogP contribution in [0.5, 0.6) is 0 Å². The van der Waals surface area contributed by atoms with E-state index < -0.39 is 0 Å². The molecule has 1 unspecified atom stereocenters. The number of hydrogen-bond acceptors (Lipinski definition) is 2. The fourth-order valence-corrected chi connectivity index (χ4v) is 8.80. The Morgan fingerprint density at radius 3 is 1.96 bits per heavy atom. The van der Waals surface area contributed by atoms with Crippen LogP contribution in [-0.2, 0) is 0 Å². The molecule has 0 saturated heterocycles. The normalized spacial score (nSPS) is 15.5. The lowest BCUT2D eigenvalue weighted by molar-refractivity contribution is 0.666. The SMILES string of the molecule is C1=CC2=C(c3ccccc3)N=C(c3ccc4c(c3)oc3c(-n5c6ccccc6c6cc7c(cc65)c5ccccc5n7-c5ccccc5)cccc34)[N-]C2C=C1. The van der Waals surface area contributed by atoms with E-state index in [4.69, 9.17) is 14.7 Å². The quantitative estimate of drug-likeness (QED) is 0.180. The Bertz CT molecular complexity index is 3340. The number of aromatic nitrogens is 2. The zero-order valence-corrected chi connectivity index (χ0v) is 29.6. The highest BCUT2D eigenvalue weighted by atomic mass is 16.3. The fraction of sp³-hybridized carbons (Fsp3) is 0.0200. The Kier molecular flexibility index (Phi) is 6.33. The smallest absolute Gasteiger partial charge is 0.159 e. The molecule has 1 atom stereocenters. The molecule has 55 heavy (non-hydrogen) atoms. The number of hydrogen-bond donors (Lipinski definition) is 0. The van der Waals surface area contributed by atoms with Gasteiger partial charge in [0.25, 0.3) is 0 Å². The van der Waals surface area contributed by atoms with E-state index in [9.17, 15) is 0 Å². The van der Waals surface area contributed by atoms with Gasteiger partial charge in [0.1, 0.15) is 5.58 Å². The third-order valence-electron chi connectivity index (χ3n) is 11.3. The summed E-state index contributed by atoms with van der Waals surface area (Å²) < 4.78 is 11.7. The fourth-order valence-electron chi connectivity index (χ4n) is 8.80. The molecule has 0 N–H and O–H groups in total. The molecular formula is C50H31N4O-. The summed E-state index contributed by atoms with van der Waals surface area (Å²) in [5, 5.41) is 12.1. The maximum absolute atomic E-state index is 6.92. The molecule has 0 radical (unpaired) electrons. The predicted molar refractivity (Wildman–Crippen MR) is 228 cm³/mol. The summed E-state index contributed by atoms with van der Waals surface area (Å²) in [6, 6.07) is 56.0. The average Bonchev–Trinajstić information content (AvgIpc) is 3.90. The molecule has 4 heterocycles. The summed E-state index contributed by atoms with van der Waals surface area (Å²) in [5.41, 5.74) is 12.5. The monoisotopic (exact) mass is 703 g/mol. The third kappa shape index (κ3) is 4.44. The van der Waals surface area contributed by atoms with E-state index in [0.29, 0.717) is 5.84 Å². The highest BCUT2D eigenvalue weighted by Gasteiger charge is 2.22. The largest absolute Gasteiger partial charge is 0.454 e. The Morgan fingerprint density at radius 1 is 0.509 bits per heavy atom. The van der Waals surface area contributed by atoms with Crippen LogP contribution in [0.1, 0.15) is 11.1 Å². The average molecular weight is 704 g/mol. The highest BCUT2D eigenvalue weighted by molar-refractivity contribution is 6.20. The Hall–Kier alpha value is -7.37. The maximum Gasteiger partial charge on any atom is 0.159 e. The predicted octanol–water partition coefficient (Wildman–Crippen LogP) is 12.8. The number of allylic oxidation sites excluding steroid dienone is 2. The van der Waals surface area contributed by atoms with Crippen LogP contribution < -0.4 is 0 Å². The van der Waals surface area contributed by atoms with Crippen molar-refractivity contribution in [2.75, 3.05) is 0 Å². The summed E-state index contributed by atoms with van der Waals surface area (Å²) in [4.78, 5) is 5.16. The van der Waals surface area contributed by atoms with Gasteiger partial charge in [-0.05, 0) is 77.0 Å². The van der Waals surface area contributed by atoms with Crippen molar-refractivity contribution in [3.05, 3.63) is 204 Å². The number of nitrogens with zero attached hydrogens (tertiary/aromatic N) is 4. The molecule has 1 aliphatic carbocycles. The number of rotatable bonds is 4. The Morgan fingerprint density at radius 2 is 1.18 bits per heavy atom. The summed E-state index contributed by atoms with van der Waals surface area (Å²) >= 11 is 0. The van der Waals surface area contributed by atoms with Gasteiger partial charge in [-0.1, -0.05) is 133 Å². The van der Waals surface area contributed by atoms with Gasteiger partial charge in [0, 0.05) is 44.0 Å². The van der Waals surface area contributed by atoms with E-state index in [2.05, 4.69) is 185 Å². The van der Waals surface area contributed by atoms with E-state index in [1.165, 1.54) is 32.6 Å². The van der Waals surface area contributed by atoms with Gasteiger partial charge in [0.05, 0.1) is 27.8 Å². The van der Waals surface area contributed by atoms with E-state index in [1.807, 2.05) is 6.07 Å². The van der Waals surface area contributed by atoms with Crippen molar-refractivity contribution in [3.8, 4) is 11.4 Å². The Labute approximate surface area is 316 Å². The van der Waals surface area contributed by atoms with Crippen LogP contribution in [0.4, 0.5) is 0 Å². The molecule has 0 bridgehead atoms. The van der Waals surface area contributed by atoms with Gasteiger partial charge in [-0.2, -0.15) is 0 Å². The molecule has 5 nitrogen and oxygen atoms in total.